The van der Waals surface area contributed by atoms with Gasteiger partial charge in [0.05, 0.1) is 0 Å². The topological polar surface area (TPSA) is 0 Å². The molecule has 0 aromatic heterocycles. The van der Waals surface area contributed by atoms with E-state index < -0.39 is 14.3 Å². The lowest BCUT2D eigenvalue weighted by molar-refractivity contribution is -0.0997. The van der Waals surface area contributed by atoms with Gasteiger partial charge in [0.15, 0.2) is 0 Å². The lowest BCUT2D eigenvalue weighted by Crippen LogP contribution is -2.54. The molecular formula is C44H76B2P2. The number of fused-ring (bicyclic) bond motifs is 8. The van der Waals surface area contributed by atoms with Crippen LogP contribution in [0.4, 0.5) is 0 Å². The standard InChI is InChI=1S/C44H76B2P2/c1-41(2)33-15-11-29(37(41)21-33)25-47(45,26-30-12-16-34-22-38(30)42(34,3)4)19-9-10-20-48(46,27-31-13-17-35-23-39(31)43(35,5)6)28-32-14-18-36-24-40(32)44(36,7)8/h29-40H,9-28H2,1-8H3/t29-,30-,31-,32-,33-,34-,35-,36-,37-,38-,39-,40-/m0/s1. The van der Waals surface area contributed by atoms with Gasteiger partial charge in [-0.15, -0.1) is 0 Å². The van der Waals surface area contributed by atoms with Gasteiger partial charge < -0.3 is 15.1 Å². The number of unbranched alkanes of at least 4 members (excludes halogenated alkanes) is 1. The van der Waals surface area contributed by atoms with Crippen LogP contribution < -0.4 is 0 Å². The van der Waals surface area contributed by atoms with Crippen LogP contribution in [-0.2, 0) is 0 Å². The third-order valence-electron chi connectivity index (χ3n) is 19.9. The number of hydrogen-bond donors (Lipinski definition) is 0. The van der Waals surface area contributed by atoms with Crippen LogP contribution in [0.5, 0.6) is 0 Å². The van der Waals surface area contributed by atoms with Crippen molar-refractivity contribution in [3.05, 3.63) is 0 Å². The van der Waals surface area contributed by atoms with Crippen molar-refractivity contribution in [3.63, 3.8) is 0 Å². The Balaban J connectivity index is 0.952. The van der Waals surface area contributed by atoms with Gasteiger partial charge >= 0.3 is 0 Å². The quantitative estimate of drug-likeness (QED) is 0.103. The highest BCUT2D eigenvalue weighted by molar-refractivity contribution is 7.97. The third-order valence-corrected chi connectivity index (χ3v) is 27.1. The number of rotatable bonds is 13. The predicted octanol–water partition coefficient (Wildman–Crippen LogP) is 12.3. The second kappa shape index (κ2) is 12.3. The minimum atomic E-state index is -1.47. The maximum atomic E-state index is 7.94. The summed E-state index contributed by atoms with van der Waals surface area (Å²) in [5, 5.41) is 0. The van der Waals surface area contributed by atoms with Gasteiger partial charge in [-0.3, -0.25) is 0 Å². The van der Waals surface area contributed by atoms with Gasteiger partial charge in [-0.1, -0.05) is 55.4 Å². The van der Waals surface area contributed by atoms with Crippen molar-refractivity contribution in [1.82, 2.24) is 0 Å². The van der Waals surface area contributed by atoms with E-state index in [0.717, 1.165) is 71.0 Å². The lowest BCUT2D eigenvalue weighted by Gasteiger charge is -2.63. The normalized spacial score (nSPS) is 45.6. The molecule has 268 valence electrons. The smallest absolute Gasteiger partial charge is 0.0149 e. The molecular weight excluding hydrogens is 612 g/mol. The van der Waals surface area contributed by atoms with E-state index in [1.54, 1.807) is 0 Å². The fraction of sp³-hybridized carbons (Fsp3) is 1.00. The minimum absolute atomic E-state index is 0.577. The molecule has 12 aliphatic carbocycles. The first kappa shape index (κ1) is 36.0. The summed E-state index contributed by atoms with van der Waals surface area (Å²) in [7, 11) is 12.9. The van der Waals surface area contributed by atoms with Crippen LogP contribution >= 0.6 is 14.3 Å². The third kappa shape index (κ3) is 5.88. The van der Waals surface area contributed by atoms with Crippen molar-refractivity contribution in [2.24, 2.45) is 92.7 Å². The van der Waals surface area contributed by atoms with Crippen molar-refractivity contribution in [3.8, 4) is 0 Å². The van der Waals surface area contributed by atoms with E-state index in [4.69, 9.17) is 15.1 Å². The van der Waals surface area contributed by atoms with Crippen molar-refractivity contribution in [2.75, 3.05) is 37.0 Å². The molecule has 12 saturated carbocycles. The summed E-state index contributed by atoms with van der Waals surface area (Å²) in [6, 6.07) is 0. The van der Waals surface area contributed by atoms with Crippen LogP contribution in [0.25, 0.3) is 0 Å². The highest BCUT2D eigenvalue weighted by Crippen LogP contribution is 2.72. The van der Waals surface area contributed by atoms with Gasteiger partial charge in [0, 0.05) is 37.0 Å². The molecule has 12 rings (SSSR count). The van der Waals surface area contributed by atoms with E-state index in [9.17, 15) is 0 Å². The largest absolute Gasteiger partial charge is 0.307 e. The molecule has 6 radical (unpaired) electrons. The van der Waals surface area contributed by atoms with Crippen LogP contribution in [0.15, 0.2) is 0 Å². The van der Waals surface area contributed by atoms with Crippen LogP contribution in [0, 0.1) is 92.7 Å². The summed E-state index contributed by atoms with van der Waals surface area (Å²) in [6.45, 7) is 20.8. The van der Waals surface area contributed by atoms with Crippen molar-refractivity contribution in [1.29, 1.82) is 0 Å². The van der Waals surface area contributed by atoms with E-state index in [1.165, 1.54) is 127 Å². The van der Waals surface area contributed by atoms with Crippen LogP contribution in [0.3, 0.4) is 0 Å². The first-order valence-corrected chi connectivity index (χ1v) is 26.5. The fourth-order valence-electron chi connectivity index (χ4n) is 16.0. The first-order valence-electron chi connectivity index (χ1n) is 21.7. The minimum Gasteiger partial charge on any atom is -0.307 e. The van der Waals surface area contributed by atoms with E-state index in [-0.39, 0.29) is 0 Å². The van der Waals surface area contributed by atoms with Gasteiger partial charge in [-0.25, -0.2) is 14.3 Å². The Morgan fingerprint density at radius 2 is 0.625 bits per heavy atom. The molecule has 0 amide bonds. The Morgan fingerprint density at radius 1 is 0.396 bits per heavy atom. The molecule has 48 heavy (non-hydrogen) atoms. The molecule has 0 heterocycles. The molecule has 0 aromatic carbocycles. The maximum absolute atomic E-state index is 7.94. The second-order valence-electron chi connectivity index (χ2n) is 23.1. The Hall–Kier alpha value is 0.990. The van der Waals surface area contributed by atoms with Crippen molar-refractivity contribution in [2.45, 2.75) is 145 Å². The van der Waals surface area contributed by atoms with Crippen molar-refractivity contribution >= 4 is 29.4 Å². The highest BCUT2D eigenvalue weighted by Gasteiger charge is 2.59. The average molecular weight is 689 g/mol. The fourth-order valence-corrected chi connectivity index (χ4v) is 24.2. The van der Waals surface area contributed by atoms with Crippen LogP contribution in [-0.4, -0.2) is 52.1 Å². The summed E-state index contributed by atoms with van der Waals surface area (Å²) < 4.78 is 0. The molecule has 0 unspecified atom stereocenters. The van der Waals surface area contributed by atoms with Gasteiger partial charge in [0.25, 0.3) is 0 Å². The Morgan fingerprint density at radius 3 is 0.812 bits per heavy atom. The van der Waals surface area contributed by atoms with Crippen LogP contribution in [0.2, 0.25) is 0 Å². The molecule has 0 aromatic rings. The second-order valence-corrected chi connectivity index (χ2v) is 30.3. The van der Waals surface area contributed by atoms with Gasteiger partial charge in [0.1, 0.15) is 0 Å². The average Bonchev–Trinajstić information content (AvgIpc) is 3.02. The Labute approximate surface area is 303 Å². The molecule has 0 saturated heterocycles. The van der Waals surface area contributed by atoms with Crippen LogP contribution in [0.1, 0.15) is 145 Å². The summed E-state index contributed by atoms with van der Waals surface area (Å²) in [6.07, 6.45) is 29.1. The monoisotopic (exact) mass is 689 g/mol. The van der Waals surface area contributed by atoms with E-state index in [2.05, 4.69) is 55.4 Å². The molecule has 12 fully saturated rings. The molecule has 0 nitrogen and oxygen atoms in total. The zero-order valence-electron chi connectivity index (χ0n) is 33.1. The number of hydrogen-bond acceptors (Lipinski definition) is 0. The zero-order chi connectivity index (χ0) is 34.1. The molecule has 12 atom stereocenters. The molecule has 0 spiro atoms. The molecule has 0 aliphatic heterocycles. The molecule has 12 aliphatic rings. The van der Waals surface area contributed by atoms with Gasteiger partial charge in [-0.2, -0.15) is 0 Å². The Kier molecular flexibility index (Phi) is 9.19. The summed E-state index contributed by atoms with van der Waals surface area (Å²) in [4.78, 5) is 0. The molecule has 8 bridgehead atoms. The molecule has 4 heteroatoms. The van der Waals surface area contributed by atoms with Crippen molar-refractivity contribution < 1.29 is 0 Å². The first-order chi connectivity index (χ1) is 22.4. The van der Waals surface area contributed by atoms with E-state index in [1.807, 2.05) is 0 Å². The predicted molar refractivity (Wildman–Crippen MR) is 216 cm³/mol. The highest BCUT2D eigenvalue weighted by atomic mass is 31.2. The maximum Gasteiger partial charge on any atom is 0.0149 e. The van der Waals surface area contributed by atoms with Gasteiger partial charge in [-0.05, 0) is 183 Å². The molecule has 0 N–H and O–H groups in total. The van der Waals surface area contributed by atoms with Gasteiger partial charge in [0.2, 0.25) is 0 Å². The summed E-state index contributed by atoms with van der Waals surface area (Å²) in [5.41, 5.74) is 2.31. The lowest BCUT2D eigenvalue weighted by atomic mass is 9.46. The van der Waals surface area contributed by atoms with E-state index in [0.29, 0.717) is 21.7 Å². The summed E-state index contributed by atoms with van der Waals surface area (Å²) >= 11 is 0. The van der Waals surface area contributed by atoms with E-state index >= 15 is 0 Å². The SMILES string of the molecule is [B-][P+](CCCC[P+]([B-])(C[C@@H]1CC[C@H]2C[C@@H]1C2(C)C)C[C@@H]1CC[C@H]2C[C@@H]1C2(C)C)(C[C@@H]1CC[C@H]2C[C@@H]1C2(C)C)C[C@@H]1CC[C@H]2C[C@@H]1C2(C)C. The Bertz CT molecular complexity index is 1020. The summed E-state index contributed by atoms with van der Waals surface area (Å²) in [5.74, 6) is 11.5. The zero-order valence-corrected chi connectivity index (χ0v) is 34.9.